The van der Waals surface area contributed by atoms with E-state index in [1.165, 1.54) is 18.4 Å². The van der Waals surface area contributed by atoms with Crippen molar-refractivity contribution in [3.63, 3.8) is 0 Å². The fraction of sp³-hybridized carbons (Fsp3) is 0.333. The Morgan fingerprint density at radius 3 is 2.65 bits per heavy atom. The number of hydrogen-bond donors (Lipinski definition) is 2. The van der Waals surface area contributed by atoms with Crippen LogP contribution in [0.3, 0.4) is 0 Å². The lowest BCUT2D eigenvalue weighted by molar-refractivity contribution is 0.475. The standard InChI is InChI=1S/C15H16BrN3O/c16-13-9-14(19-15(18-13)11-3-4-11)17-8-7-10-1-5-12(20)6-2-10/h1-2,5-6,9,11,20H,3-4,7-8H2,(H,17,18,19). The number of rotatable bonds is 5. The Kier molecular flexibility index (Phi) is 3.87. The summed E-state index contributed by atoms with van der Waals surface area (Å²) in [5.41, 5.74) is 1.19. The van der Waals surface area contributed by atoms with Crippen molar-refractivity contribution in [3.05, 3.63) is 46.3 Å². The number of phenolic OH excluding ortho intramolecular Hbond substituents is 1. The van der Waals surface area contributed by atoms with Crippen LogP contribution in [0.4, 0.5) is 5.82 Å². The third-order valence-electron chi connectivity index (χ3n) is 3.31. The Labute approximate surface area is 126 Å². The number of nitrogens with zero attached hydrogens (tertiary/aromatic N) is 2. The summed E-state index contributed by atoms with van der Waals surface area (Å²) in [5, 5.41) is 12.6. The minimum absolute atomic E-state index is 0.301. The zero-order chi connectivity index (χ0) is 13.9. The molecule has 3 rings (SSSR count). The van der Waals surface area contributed by atoms with Crippen molar-refractivity contribution in [2.24, 2.45) is 0 Å². The summed E-state index contributed by atoms with van der Waals surface area (Å²) in [5.74, 6) is 2.65. The molecule has 2 aromatic rings. The first kappa shape index (κ1) is 13.4. The van der Waals surface area contributed by atoms with Crippen LogP contribution >= 0.6 is 15.9 Å². The van der Waals surface area contributed by atoms with Crippen LogP contribution in [0.25, 0.3) is 0 Å². The normalized spacial score (nSPS) is 14.2. The van der Waals surface area contributed by atoms with Gasteiger partial charge in [0.15, 0.2) is 0 Å². The highest BCUT2D eigenvalue weighted by molar-refractivity contribution is 9.10. The van der Waals surface area contributed by atoms with Gasteiger partial charge in [-0.15, -0.1) is 0 Å². The second-order valence-corrected chi connectivity index (χ2v) is 5.86. The SMILES string of the molecule is Oc1ccc(CCNc2cc(Br)nc(C3CC3)n2)cc1. The Hall–Kier alpha value is -1.62. The van der Waals surface area contributed by atoms with E-state index in [1.807, 2.05) is 18.2 Å². The van der Waals surface area contributed by atoms with Crippen LogP contribution in [0, 0.1) is 0 Å². The van der Waals surface area contributed by atoms with E-state index in [4.69, 9.17) is 0 Å². The van der Waals surface area contributed by atoms with E-state index in [0.29, 0.717) is 11.7 Å². The number of hydrogen-bond acceptors (Lipinski definition) is 4. The van der Waals surface area contributed by atoms with Gasteiger partial charge in [0.1, 0.15) is 22.0 Å². The molecule has 1 saturated carbocycles. The van der Waals surface area contributed by atoms with Gasteiger partial charge in [0, 0.05) is 18.5 Å². The molecule has 2 N–H and O–H groups in total. The number of anilines is 1. The monoisotopic (exact) mass is 333 g/mol. The zero-order valence-electron chi connectivity index (χ0n) is 11.0. The molecule has 0 saturated heterocycles. The lowest BCUT2D eigenvalue weighted by Crippen LogP contribution is -2.08. The number of aromatic nitrogens is 2. The summed E-state index contributed by atoms with van der Waals surface area (Å²) < 4.78 is 0.835. The van der Waals surface area contributed by atoms with Crippen LogP contribution in [-0.2, 0) is 6.42 Å². The van der Waals surface area contributed by atoms with E-state index in [0.717, 1.165) is 29.2 Å². The molecule has 5 heteroatoms. The average Bonchev–Trinajstić information content (AvgIpc) is 3.25. The van der Waals surface area contributed by atoms with Gasteiger partial charge in [0.2, 0.25) is 0 Å². The van der Waals surface area contributed by atoms with E-state index in [9.17, 15) is 5.11 Å². The maximum Gasteiger partial charge on any atom is 0.135 e. The van der Waals surface area contributed by atoms with Crippen molar-refractivity contribution < 1.29 is 5.11 Å². The van der Waals surface area contributed by atoms with Gasteiger partial charge in [-0.3, -0.25) is 0 Å². The molecule has 20 heavy (non-hydrogen) atoms. The first-order chi connectivity index (χ1) is 9.70. The topological polar surface area (TPSA) is 58.0 Å². The fourth-order valence-corrected chi connectivity index (χ4v) is 2.45. The Morgan fingerprint density at radius 2 is 1.95 bits per heavy atom. The predicted molar refractivity (Wildman–Crippen MR) is 82.0 cm³/mol. The van der Waals surface area contributed by atoms with Crippen LogP contribution in [0.5, 0.6) is 5.75 Å². The number of nitrogens with one attached hydrogen (secondary N) is 1. The van der Waals surface area contributed by atoms with Crippen molar-refractivity contribution in [1.29, 1.82) is 0 Å². The van der Waals surface area contributed by atoms with Crippen molar-refractivity contribution in [3.8, 4) is 5.75 Å². The van der Waals surface area contributed by atoms with Crippen LogP contribution in [0.15, 0.2) is 34.9 Å². The molecular formula is C15H16BrN3O. The number of phenols is 1. The molecule has 0 aliphatic heterocycles. The molecule has 0 unspecified atom stereocenters. The highest BCUT2D eigenvalue weighted by Gasteiger charge is 2.27. The molecule has 4 nitrogen and oxygen atoms in total. The van der Waals surface area contributed by atoms with Gasteiger partial charge in [-0.1, -0.05) is 12.1 Å². The number of aromatic hydroxyl groups is 1. The number of halogens is 1. The van der Waals surface area contributed by atoms with Gasteiger partial charge in [0.05, 0.1) is 0 Å². The van der Waals surface area contributed by atoms with Crippen molar-refractivity contribution >= 4 is 21.7 Å². The van der Waals surface area contributed by atoms with E-state index in [-0.39, 0.29) is 0 Å². The van der Waals surface area contributed by atoms with Gasteiger partial charge in [0.25, 0.3) is 0 Å². The highest BCUT2D eigenvalue weighted by atomic mass is 79.9. The second-order valence-electron chi connectivity index (χ2n) is 5.05. The molecule has 1 aliphatic carbocycles. The van der Waals surface area contributed by atoms with E-state index in [1.54, 1.807) is 12.1 Å². The quantitative estimate of drug-likeness (QED) is 0.822. The summed E-state index contributed by atoms with van der Waals surface area (Å²) in [4.78, 5) is 8.96. The molecule has 0 radical (unpaired) electrons. The maximum absolute atomic E-state index is 9.24. The summed E-state index contributed by atoms with van der Waals surface area (Å²) in [6.45, 7) is 0.804. The summed E-state index contributed by atoms with van der Waals surface area (Å²) >= 11 is 3.43. The Balaban J connectivity index is 1.59. The molecule has 1 fully saturated rings. The first-order valence-electron chi connectivity index (χ1n) is 6.77. The summed E-state index contributed by atoms with van der Waals surface area (Å²) in [7, 11) is 0. The van der Waals surface area contributed by atoms with Crippen LogP contribution in [0.1, 0.15) is 30.1 Å². The van der Waals surface area contributed by atoms with E-state index >= 15 is 0 Å². The third-order valence-corrected chi connectivity index (χ3v) is 3.72. The highest BCUT2D eigenvalue weighted by Crippen LogP contribution is 2.38. The first-order valence-corrected chi connectivity index (χ1v) is 7.56. The average molecular weight is 334 g/mol. The lowest BCUT2D eigenvalue weighted by atomic mass is 10.1. The summed E-state index contributed by atoms with van der Waals surface area (Å²) in [6.07, 6.45) is 3.29. The molecule has 104 valence electrons. The largest absolute Gasteiger partial charge is 0.508 e. The van der Waals surface area contributed by atoms with Crippen molar-refractivity contribution in [2.75, 3.05) is 11.9 Å². The van der Waals surface area contributed by atoms with Gasteiger partial charge < -0.3 is 10.4 Å². The van der Waals surface area contributed by atoms with Gasteiger partial charge in [-0.2, -0.15) is 0 Å². The molecule has 1 heterocycles. The lowest BCUT2D eigenvalue weighted by Gasteiger charge is -2.08. The molecule has 0 atom stereocenters. The summed E-state index contributed by atoms with van der Waals surface area (Å²) in [6, 6.07) is 9.19. The fourth-order valence-electron chi connectivity index (χ4n) is 2.05. The third kappa shape index (κ3) is 3.48. The van der Waals surface area contributed by atoms with Crippen molar-refractivity contribution in [1.82, 2.24) is 9.97 Å². The van der Waals surface area contributed by atoms with Gasteiger partial charge in [-0.25, -0.2) is 9.97 Å². The van der Waals surface area contributed by atoms with Gasteiger partial charge in [-0.05, 0) is 52.9 Å². The van der Waals surface area contributed by atoms with Crippen LogP contribution in [0.2, 0.25) is 0 Å². The smallest absolute Gasteiger partial charge is 0.135 e. The van der Waals surface area contributed by atoms with Gasteiger partial charge >= 0.3 is 0 Å². The molecule has 0 spiro atoms. The molecule has 1 aliphatic rings. The number of benzene rings is 1. The molecule has 0 amide bonds. The predicted octanol–water partition coefficient (Wildman–Crippen LogP) is 3.48. The zero-order valence-corrected chi connectivity index (χ0v) is 12.6. The van der Waals surface area contributed by atoms with Crippen molar-refractivity contribution in [2.45, 2.75) is 25.2 Å². The molecule has 1 aromatic carbocycles. The Bertz CT molecular complexity index is 597. The van der Waals surface area contributed by atoms with E-state index < -0.39 is 0 Å². The molecular weight excluding hydrogens is 318 g/mol. The van der Waals surface area contributed by atoms with Crippen LogP contribution < -0.4 is 5.32 Å². The second kappa shape index (κ2) is 5.79. The minimum Gasteiger partial charge on any atom is -0.508 e. The van der Waals surface area contributed by atoms with Crippen LogP contribution in [-0.4, -0.2) is 21.6 Å². The van der Waals surface area contributed by atoms with E-state index in [2.05, 4.69) is 31.2 Å². The molecule has 0 bridgehead atoms. The maximum atomic E-state index is 9.24. The Morgan fingerprint density at radius 1 is 1.20 bits per heavy atom. The molecule has 1 aromatic heterocycles. The minimum atomic E-state index is 0.301.